The van der Waals surface area contributed by atoms with E-state index in [1.807, 2.05) is 0 Å². The monoisotopic (exact) mass is 695 g/mol. The first-order chi connectivity index (χ1) is 23.9. The van der Waals surface area contributed by atoms with Crippen molar-refractivity contribution in [3.8, 4) is 0 Å². The Morgan fingerprint density at radius 1 is 0.408 bits per heavy atom. The highest BCUT2D eigenvalue weighted by Crippen LogP contribution is 2.16. The number of rotatable bonds is 38. The van der Waals surface area contributed by atoms with Crippen LogP contribution in [0.25, 0.3) is 0 Å². The van der Waals surface area contributed by atoms with Crippen molar-refractivity contribution < 1.29 is 28.6 Å². The molecule has 0 saturated heterocycles. The topological polar surface area (TPSA) is 78.9 Å². The Hall–Kier alpha value is -1.59. The molecule has 0 heterocycles. The van der Waals surface area contributed by atoms with Crippen LogP contribution in [0.5, 0.6) is 0 Å². The molecule has 2 atom stereocenters. The first-order valence-corrected chi connectivity index (χ1v) is 21.4. The molecule has 0 fully saturated rings. The highest BCUT2D eigenvalue weighted by molar-refractivity contribution is 5.71. The Morgan fingerprint density at radius 3 is 1.06 bits per heavy atom. The predicted molar refractivity (Wildman–Crippen MR) is 206 cm³/mol. The van der Waals surface area contributed by atoms with Gasteiger partial charge in [-0.05, 0) is 25.2 Å². The maximum Gasteiger partial charge on any atom is 0.306 e. The zero-order valence-electron chi connectivity index (χ0n) is 33.1. The normalized spacial score (nSPS) is 12.5. The van der Waals surface area contributed by atoms with Gasteiger partial charge < -0.3 is 14.2 Å². The summed E-state index contributed by atoms with van der Waals surface area (Å²) in [5.41, 5.74) is 0. The van der Waals surface area contributed by atoms with Crippen LogP contribution in [0.2, 0.25) is 0 Å². The molecular weight excluding hydrogens is 612 g/mol. The van der Waals surface area contributed by atoms with Crippen LogP contribution in [0.4, 0.5) is 0 Å². The van der Waals surface area contributed by atoms with E-state index in [0.717, 1.165) is 63.7 Å². The van der Waals surface area contributed by atoms with Gasteiger partial charge in [-0.2, -0.15) is 0 Å². The second-order valence-corrected chi connectivity index (χ2v) is 14.9. The second-order valence-electron chi connectivity index (χ2n) is 14.9. The van der Waals surface area contributed by atoms with Crippen LogP contribution in [0, 0.1) is 5.92 Å². The lowest BCUT2D eigenvalue weighted by Crippen LogP contribution is -2.30. The van der Waals surface area contributed by atoms with Crippen LogP contribution in [0.3, 0.4) is 0 Å². The predicted octanol–water partition coefficient (Wildman–Crippen LogP) is 13.2. The third kappa shape index (κ3) is 36.0. The summed E-state index contributed by atoms with van der Waals surface area (Å²) in [5.74, 6) is -0.0489. The van der Waals surface area contributed by atoms with E-state index in [1.54, 1.807) is 0 Å². The van der Waals surface area contributed by atoms with E-state index in [4.69, 9.17) is 14.2 Å². The lowest BCUT2D eigenvalue weighted by molar-refractivity contribution is -0.167. The van der Waals surface area contributed by atoms with Crippen molar-refractivity contribution in [3.05, 3.63) is 0 Å². The van der Waals surface area contributed by atoms with Gasteiger partial charge >= 0.3 is 17.9 Å². The molecule has 6 nitrogen and oxygen atoms in total. The zero-order valence-corrected chi connectivity index (χ0v) is 33.1. The number of carbonyl (C=O) groups excluding carboxylic acids is 3. The smallest absolute Gasteiger partial charge is 0.306 e. The Kier molecular flexibility index (Phi) is 36.4. The van der Waals surface area contributed by atoms with Gasteiger partial charge in [0.1, 0.15) is 13.2 Å². The molecule has 1 unspecified atom stereocenters. The van der Waals surface area contributed by atoms with Gasteiger partial charge in [-0.25, -0.2) is 0 Å². The average molecular weight is 695 g/mol. The second kappa shape index (κ2) is 37.7. The molecule has 0 bridgehead atoms. The minimum atomic E-state index is -0.758. The first-order valence-electron chi connectivity index (χ1n) is 21.4. The van der Waals surface area contributed by atoms with Crippen LogP contribution in [0.1, 0.15) is 233 Å². The minimum absolute atomic E-state index is 0.0651. The van der Waals surface area contributed by atoms with E-state index in [-0.39, 0.29) is 31.1 Å². The molecule has 0 aliphatic heterocycles. The van der Waals surface area contributed by atoms with Crippen molar-refractivity contribution in [2.75, 3.05) is 13.2 Å². The molecule has 0 aliphatic rings. The summed E-state index contributed by atoms with van der Waals surface area (Å²) in [7, 11) is 0. The molecule has 0 aromatic rings. The van der Waals surface area contributed by atoms with Crippen molar-refractivity contribution in [1.29, 1.82) is 0 Å². The largest absolute Gasteiger partial charge is 0.462 e. The fourth-order valence-electron chi connectivity index (χ4n) is 6.24. The van der Waals surface area contributed by atoms with Gasteiger partial charge in [-0.1, -0.05) is 195 Å². The Morgan fingerprint density at radius 2 is 0.714 bits per heavy atom. The van der Waals surface area contributed by atoms with Gasteiger partial charge in [-0.3, -0.25) is 14.4 Å². The van der Waals surface area contributed by atoms with E-state index < -0.39 is 6.10 Å². The lowest BCUT2D eigenvalue weighted by atomic mass is 10.00. The van der Waals surface area contributed by atoms with E-state index in [9.17, 15) is 14.4 Å². The maximum absolute atomic E-state index is 12.7. The molecule has 6 heteroatoms. The number of unbranched alkanes of at least 4 members (excludes halogenated alkanes) is 24. The Labute approximate surface area is 304 Å². The number of hydrogen-bond acceptors (Lipinski definition) is 6. The van der Waals surface area contributed by atoms with Crippen LogP contribution < -0.4 is 0 Å². The molecule has 49 heavy (non-hydrogen) atoms. The standard InChI is InChI=1S/C43H82O6/c1-5-8-10-12-14-16-17-18-20-22-28-32-36-43(46)49-40(37-47-41(44)34-30-26-21-19-15-13-11-9-6-2)38-48-42(45)35-31-27-24-23-25-29-33-39(4)7-3/h39-40H,5-38H2,1-4H3/t39?,40-/m1/s1. The summed E-state index contributed by atoms with van der Waals surface area (Å²) < 4.78 is 16.6. The van der Waals surface area contributed by atoms with Crippen LogP contribution in [0.15, 0.2) is 0 Å². The van der Waals surface area contributed by atoms with Crippen molar-refractivity contribution in [1.82, 2.24) is 0 Å². The third-order valence-electron chi connectivity index (χ3n) is 9.90. The summed E-state index contributed by atoms with van der Waals surface area (Å²) in [5, 5.41) is 0. The average Bonchev–Trinajstić information content (AvgIpc) is 3.10. The Bertz CT molecular complexity index is 738. The molecule has 0 saturated carbocycles. The molecule has 0 aliphatic carbocycles. The fourth-order valence-corrected chi connectivity index (χ4v) is 6.24. The summed E-state index contributed by atoms with van der Waals surface area (Å²) >= 11 is 0. The Balaban J connectivity index is 4.35. The lowest BCUT2D eigenvalue weighted by Gasteiger charge is -2.18. The van der Waals surface area contributed by atoms with Gasteiger partial charge in [-0.15, -0.1) is 0 Å². The molecule has 0 N–H and O–H groups in total. The zero-order chi connectivity index (χ0) is 36.0. The summed E-state index contributed by atoms with van der Waals surface area (Å²) in [6, 6.07) is 0. The van der Waals surface area contributed by atoms with Crippen molar-refractivity contribution >= 4 is 17.9 Å². The van der Waals surface area contributed by atoms with E-state index >= 15 is 0 Å². The number of hydrogen-bond donors (Lipinski definition) is 0. The van der Waals surface area contributed by atoms with Gasteiger partial charge in [0.2, 0.25) is 0 Å². The fraction of sp³-hybridized carbons (Fsp3) is 0.930. The minimum Gasteiger partial charge on any atom is -0.462 e. The van der Waals surface area contributed by atoms with Crippen molar-refractivity contribution in [3.63, 3.8) is 0 Å². The van der Waals surface area contributed by atoms with Crippen LogP contribution >= 0.6 is 0 Å². The van der Waals surface area contributed by atoms with Crippen molar-refractivity contribution in [2.24, 2.45) is 5.92 Å². The number of ether oxygens (including phenoxy) is 3. The van der Waals surface area contributed by atoms with Gasteiger partial charge in [0.25, 0.3) is 0 Å². The van der Waals surface area contributed by atoms with Crippen LogP contribution in [-0.2, 0) is 28.6 Å². The van der Waals surface area contributed by atoms with Gasteiger partial charge in [0.15, 0.2) is 6.10 Å². The van der Waals surface area contributed by atoms with E-state index in [0.29, 0.717) is 19.3 Å². The molecule has 0 aromatic heterocycles. The van der Waals surface area contributed by atoms with Crippen molar-refractivity contribution in [2.45, 2.75) is 239 Å². The molecule has 0 amide bonds. The summed E-state index contributed by atoms with van der Waals surface area (Å²) in [4.78, 5) is 37.5. The molecule has 0 aromatic carbocycles. The first kappa shape index (κ1) is 47.4. The summed E-state index contributed by atoms with van der Waals surface area (Å²) in [6.07, 6.45) is 35.1. The SMILES string of the molecule is CCCCCCCCCCCCCCC(=O)O[C@H](COC(=O)CCCCCCCCCCC)COC(=O)CCCCCCCCC(C)CC. The number of carbonyl (C=O) groups is 3. The quantitative estimate of drug-likeness (QED) is 0.0364. The highest BCUT2D eigenvalue weighted by atomic mass is 16.6. The highest BCUT2D eigenvalue weighted by Gasteiger charge is 2.19. The molecular formula is C43H82O6. The summed E-state index contributed by atoms with van der Waals surface area (Å²) in [6.45, 7) is 8.93. The van der Waals surface area contributed by atoms with E-state index in [2.05, 4.69) is 27.7 Å². The molecule has 0 radical (unpaired) electrons. The molecule has 290 valence electrons. The molecule has 0 spiro atoms. The number of esters is 3. The van der Waals surface area contributed by atoms with Gasteiger partial charge in [0.05, 0.1) is 0 Å². The maximum atomic E-state index is 12.7. The van der Waals surface area contributed by atoms with Crippen LogP contribution in [-0.4, -0.2) is 37.2 Å². The van der Waals surface area contributed by atoms with E-state index in [1.165, 1.54) is 128 Å². The molecule has 0 rings (SSSR count). The third-order valence-corrected chi connectivity index (χ3v) is 9.90. The van der Waals surface area contributed by atoms with Gasteiger partial charge in [0, 0.05) is 19.3 Å².